The maximum absolute atomic E-state index is 12.7. The quantitative estimate of drug-likeness (QED) is 0.662. The van der Waals surface area contributed by atoms with E-state index in [-0.39, 0.29) is 5.91 Å². The van der Waals surface area contributed by atoms with Crippen LogP contribution >= 0.6 is 0 Å². The van der Waals surface area contributed by atoms with Crippen molar-refractivity contribution in [1.82, 2.24) is 24.5 Å². The molecule has 0 unspecified atom stereocenters. The molecule has 0 aromatic carbocycles. The van der Waals surface area contributed by atoms with Crippen molar-refractivity contribution in [3.8, 4) is 11.5 Å². The van der Waals surface area contributed by atoms with Gasteiger partial charge >= 0.3 is 0 Å². The van der Waals surface area contributed by atoms with Crippen molar-refractivity contribution in [3.05, 3.63) is 48.4 Å². The van der Waals surface area contributed by atoms with Gasteiger partial charge in [0.15, 0.2) is 11.5 Å². The monoisotopic (exact) mass is 369 g/mol. The first kappa shape index (κ1) is 17.5. The predicted molar refractivity (Wildman–Crippen MR) is 98.2 cm³/mol. The van der Waals surface area contributed by atoms with Crippen LogP contribution in [0.15, 0.2) is 45.8 Å². The molecule has 8 heteroatoms. The van der Waals surface area contributed by atoms with Gasteiger partial charge in [0, 0.05) is 64.1 Å². The van der Waals surface area contributed by atoms with Gasteiger partial charge in [-0.3, -0.25) is 9.69 Å². The van der Waals surface area contributed by atoms with Gasteiger partial charge in [0.25, 0.3) is 5.91 Å². The van der Waals surface area contributed by atoms with Crippen molar-refractivity contribution in [1.29, 1.82) is 0 Å². The van der Waals surface area contributed by atoms with Gasteiger partial charge in [-0.2, -0.15) is 0 Å². The number of furan rings is 1. The van der Waals surface area contributed by atoms with Crippen LogP contribution in [0, 0.1) is 0 Å². The number of rotatable bonds is 6. The summed E-state index contributed by atoms with van der Waals surface area (Å²) < 4.78 is 12.7. The molecule has 1 fully saturated rings. The van der Waals surface area contributed by atoms with E-state index in [1.54, 1.807) is 24.5 Å². The summed E-state index contributed by atoms with van der Waals surface area (Å²) in [5, 5.41) is 3.91. The SMILES string of the molecule is CCc1nccn1CCN1CCN(C(=O)c2cc(-c3ccco3)on2)CC1. The highest BCUT2D eigenvalue weighted by Gasteiger charge is 2.25. The molecular weight excluding hydrogens is 346 g/mol. The minimum atomic E-state index is -0.0981. The van der Waals surface area contributed by atoms with Crippen LogP contribution < -0.4 is 0 Å². The van der Waals surface area contributed by atoms with E-state index < -0.39 is 0 Å². The number of nitrogens with zero attached hydrogens (tertiary/aromatic N) is 5. The highest BCUT2D eigenvalue weighted by Crippen LogP contribution is 2.21. The Bertz CT molecular complexity index is 875. The van der Waals surface area contributed by atoms with Crippen LogP contribution in [0.3, 0.4) is 0 Å². The van der Waals surface area contributed by atoms with Gasteiger partial charge in [-0.05, 0) is 12.1 Å². The summed E-state index contributed by atoms with van der Waals surface area (Å²) in [6.07, 6.45) is 6.38. The van der Waals surface area contributed by atoms with E-state index in [2.05, 4.69) is 26.5 Å². The first-order chi connectivity index (χ1) is 13.2. The predicted octanol–water partition coefficient (Wildman–Crippen LogP) is 2.15. The highest BCUT2D eigenvalue weighted by atomic mass is 16.5. The Hall–Kier alpha value is -2.87. The summed E-state index contributed by atoms with van der Waals surface area (Å²) in [6.45, 7) is 7.07. The first-order valence-electron chi connectivity index (χ1n) is 9.27. The molecule has 3 aromatic rings. The third kappa shape index (κ3) is 3.80. The smallest absolute Gasteiger partial charge is 0.276 e. The van der Waals surface area contributed by atoms with Crippen LogP contribution in [0.5, 0.6) is 0 Å². The standard InChI is InChI=1S/C19H23N5O3/c1-2-18-20-5-6-23(18)10-7-22-8-11-24(12-9-22)19(25)15-14-17(27-21-15)16-4-3-13-26-16/h3-6,13-14H,2,7-12H2,1H3. The number of hydrogen-bond acceptors (Lipinski definition) is 6. The van der Waals surface area contributed by atoms with E-state index in [1.165, 1.54) is 0 Å². The molecule has 1 aliphatic heterocycles. The summed E-state index contributed by atoms with van der Waals surface area (Å²) in [7, 11) is 0. The normalized spacial score (nSPS) is 15.4. The Labute approximate surface area is 157 Å². The third-order valence-electron chi connectivity index (χ3n) is 4.93. The summed E-state index contributed by atoms with van der Waals surface area (Å²) >= 11 is 0. The fourth-order valence-electron chi connectivity index (χ4n) is 3.35. The molecule has 4 heterocycles. The molecule has 142 valence electrons. The molecule has 1 saturated heterocycles. The number of aromatic nitrogens is 3. The first-order valence-corrected chi connectivity index (χ1v) is 9.27. The molecule has 0 aliphatic carbocycles. The fourth-order valence-corrected chi connectivity index (χ4v) is 3.35. The molecule has 0 atom stereocenters. The maximum atomic E-state index is 12.7. The maximum Gasteiger partial charge on any atom is 0.276 e. The van der Waals surface area contributed by atoms with Gasteiger partial charge in [-0.25, -0.2) is 4.98 Å². The van der Waals surface area contributed by atoms with Gasteiger partial charge in [-0.1, -0.05) is 12.1 Å². The van der Waals surface area contributed by atoms with E-state index in [0.29, 0.717) is 30.3 Å². The van der Waals surface area contributed by atoms with Crippen LogP contribution in [0.25, 0.3) is 11.5 Å². The molecule has 27 heavy (non-hydrogen) atoms. The van der Waals surface area contributed by atoms with Crippen molar-refractivity contribution in [2.45, 2.75) is 19.9 Å². The van der Waals surface area contributed by atoms with E-state index in [9.17, 15) is 4.79 Å². The van der Waals surface area contributed by atoms with Gasteiger partial charge in [0.1, 0.15) is 5.82 Å². The Kier molecular flexibility index (Phi) is 5.06. The lowest BCUT2D eigenvalue weighted by atomic mass is 10.2. The van der Waals surface area contributed by atoms with Crippen molar-refractivity contribution < 1.29 is 13.7 Å². The lowest BCUT2D eigenvalue weighted by Crippen LogP contribution is -2.49. The topological polar surface area (TPSA) is 80.5 Å². The van der Waals surface area contributed by atoms with Crippen molar-refractivity contribution >= 4 is 5.91 Å². The molecule has 0 saturated carbocycles. The molecular formula is C19H23N5O3. The van der Waals surface area contributed by atoms with Crippen LogP contribution in [-0.2, 0) is 13.0 Å². The van der Waals surface area contributed by atoms with Crippen molar-refractivity contribution in [2.75, 3.05) is 32.7 Å². The Morgan fingerprint density at radius 1 is 1.19 bits per heavy atom. The van der Waals surface area contributed by atoms with Gasteiger partial charge < -0.3 is 18.4 Å². The second kappa shape index (κ2) is 7.79. The minimum Gasteiger partial charge on any atom is -0.461 e. The molecule has 8 nitrogen and oxygen atoms in total. The van der Waals surface area contributed by atoms with Gasteiger partial charge in [0.05, 0.1) is 6.26 Å². The summed E-state index contributed by atoms with van der Waals surface area (Å²) in [5.41, 5.74) is 0.320. The van der Waals surface area contributed by atoms with E-state index in [4.69, 9.17) is 8.94 Å². The highest BCUT2D eigenvalue weighted by molar-refractivity contribution is 5.93. The van der Waals surface area contributed by atoms with Gasteiger partial charge in [0.2, 0.25) is 5.76 Å². The zero-order valence-corrected chi connectivity index (χ0v) is 15.4. The van der Waals surface area contributed by atoms with E-state index in [0.717, 1.165) is 38.4 Å². The van der Waals surface area contributed by atoms with Crippen LogP contribution in [-0.4, -0.2) is 63.1 Å². The minimum absolute atomic E-state index is 0.0981. The van der Waals surface area contributed by atoms with Crippen LogP contribution in [0.1, 0.15) is 23.2 Å². The molecule has 0 radical (unpaired) electrons. The number of imidazole rings is 1. The Morgan fingerprint density at radius 2 is 2.04 bits per heavy atom. The number of carbonyl (C=O) groups is 1. The number of carbonyl (C=O) groups excluding carboxylic acids is 1. The lowest BCUT2D eigenvalue weighted by Gasteiger charge is -2.34. The van der Waals surface area contributed by atoms with Crippen LogP contribution in [0.2, 0.25) is 0 Å². The molecule has 3 aromatic heterocycles. The van der Waals surface area contributed by atoms with E-state index >= 15 is 0 Å². The zero-order valence-electron chi connectivity index (χ0n) is 15.4. The number of aryl methyl sites for hydroxylation is 1. The summed E-state index contributed by atoms with van der Waals surface area (Å²) in [4.78, 5) is 21.2. The second-order valence-corrected chi connectivity index (χ2v) is 6.58. The molecule has 0 spiro atoms. The van der Waals surface area contributed by atoms with Crippen LogP contribution in [0.4, 0.5) is 0 Å². The Morgan fingerprint density at radius 3 is 2.78 bits per heavy atom. The average molecular weight is 369 g/mol. The molecule has 1 aliphatic rings. The summed E-state index contributed by atoms with van der Waals surface area (Å²) in [6, 6.07) is 5.18. The zero-order chi connectivity index (χ0) is 18.6. The van der Waals surface area contributed by atoms with Crippen molar-refractivity contribution in [3.63, 3.8) is 0 Å². The Balaban J connectivity index is 1.29. The molecule has 4 rings (SSSR count). The lowest BCUT2D eigenvalue weighted by molar-refractivity contribution is 0.0623. The largest absolute Gasteiger partial charge is 0.461 e. The van der Waals surface area contributed by atoms with E-state index in [1.807, 2.05) is 17.3 Å². The van der Waals surface area contributed by atoms with Crippen molar-refractivity contribution in [2.24, 2.45) is 0 Å². The number of amides is 1. The van der Waals surface area contributed by atoms with Gasteiger partial charge in [-0.15, -0.1) is 0 Å². The number of hydrogen-bond donors (Lipinski definition) is 0. The fraction of sp³-hybridized carbons (Fsp3) is 0.421. The molecule has 0 N–H and O–H groups in total. The molecule has 0 bridgehead atoms. The number of piperazine rings is 1. The second-order valence-electron chi connectivity index (χ2n) is 6.58. The summed E-state index contributed by atoms with van der Waals surface area (Å²) in [5.74, 6) is 2.05. The third-order valence-corrected chi connectivity index (χ3v) is 4.93. The average Bonchev–Trinajstić information content (AvgIpc) is 3.47. The molecule has 1 amide bonds.